The molecule has 0 saturated heterocycles. The lowest BCUT2D eigenvalue weighted by Gasteiger charge is -2.13. The van der Waals surface area contributed by atoms with E-state index in [2.05, 4.69) is 20.5 Å². The van der Waals surface area contributed by atoms with Crippen LogP contribution in [0.2, 0.25) is 0 Å². The van der Waals surface area contributed by atoms with Crippen molar-refractivity contribution in [3.05, 3.63) is 77.2 Å². The van der Waals surface area contributed by atoms with Crippen LogP contribution < -0.4 is 15.6 Å². The molecule has 164 valence electrons. The summed E-state index contributed by atoms with van der Waals surface area (Å²) >= 11 is 0. The number of rotatable bonds is 8. The number of nitrogens with zero attached hydrogens (tertiary/aromatic N) is 5. The predicted molar refractivity (Wildman–Crippen MR) is 121 cm³/mol. The molecular formula is C23H24N6O3. The molecule has 0 atom stereocenters. The van der Waals surface area contributed by atoms with Crippen LogP contribution in [-0.4, -0.2) is 37.1 Å². The zero-order valence-electron chi connectivity index (χ0n) is 17.9. The standard InChI is InChI=1S/C23H24N6O3/c1-16(2)13-29-23(31)20-9-4-3-8-19(20)21(27-29)22(30)26-17-6-5-7-18(12-17)32-11-10-28-15-24-14-25-28/h3-9,12,14-16H,10-11,13H2,1-2H3,(H,26,30). The van der Waals surface area contributed by atoms with Gasteiger partial charge >= 0.3 is 0 Å². The van der Waals surface area contributed by atoms with Gasteiger partial charge in [0.2, 0.25) is 0 Å². The molecule has 0 radical (unpaired) electrons. The number of hydrogen-bond donors (Lipinski definition) is 1. The highest BCUT2D eigenvalue weighted by Crippen LogP contribution is 2.20. The van der Waals surface area contributed by atoms with Gasteiger partial charge in [-0.15, -0.1) is 0 Å². The maximum Gasteiger partial charge on any atom is 0.276 e. The van der Waals surface area contributed by atoms with Crippen molar-refractivity contribution in [3.63, 3.8) is 0 Å². The molecule has 1 amide bonds. The Labute approximate surface area is 184 Å². The number of amides is 1. The molecule has 0 aliphatic carbocycles. The number of benzene rings is 2. The minimum Gasteiger partial charge on any atom is -0.492 e. The zero-order valence-corrected chi connectivity index (χ0v) is 17.9. The number of aromatic nitrogens is 5. The average Bonchev–Trinajstić information content (AvgIpc) is 3.29. The van der Waals surface area contributed by atoms with Crippen molar-refractivity contribution >= 4 is 22.4 Å². The lowest BCUT2D eigenvalue weighted by atomic mass is 10.1. The van der Waals surface area contributed by atoms with E-state index < -0.39 is 5.91 Å². The van der Waals surface area contributed by atoms with Gasteiger partial charge in [-0.05, 0) is 24.1 Å². The number of ether oxygens (including phenoxy) is 1. The van der Waals surface area contributed by atoms with E-state index in [0.717, 1.165) is 0 Å². The molecule has 2 aromatic carbocycles. The fraction of sp³-hybridized carbons (Fsp3) is 0.261. The summed E-state index contributed by atoms with van der Waals surface area (Å²) in [7, 11) is 0. The van der Waals surface area contributed by atoms with Gasteiger partial charge in [0, 0.05) is 23.7 Å². The van der Waals surface area contributed by atoms with Crippen LogP contribution in [0.25, 0.3) is 10.8 Å². The summed E-state index contributed by atoms with van der Waals surface area (Å²) in [6.07, 6.45) is 3.09. The summed E-state index contributed by atoms with van der Waals surface area (Å²) in [5.74, 6) is 0.438. The third kappa shape index (κ3) is 4.83. The number of carbonyl (C=O) groups is 1. The van der Waals surface area contributed by atoms with Crippen molar-refractivity contribution in [2.24, 2.45) is 5.92 Å². The Morgan fingerprint density at radius 1 is 1.12 bits per heavy atom. The predicted octanol–water partition coefficient (Wildman–Crippen LogP) is 2.98. The topological polar surface area (TPSA) is 104 Å². The maximum atomic E-state index is 13.1. The van der Waals surface area contributed by atoms with E-state index in [1.165, 1.54) is 11.0 Å². The summed E-state index contributed by atoms with van der Waals surface area (Å²) in [5.41, 5.74) is 0.577. The van der Waals surface area contributed by atoms with E-state index in [0.29, 0.717) is 41.9 Å². The van der Waals surface area contributed by atoms with Gasteiger partial charge in [-0.3, -0.25) is 9.59 Å². The second-order valence-corrected chi connectivity index (χ2v) is 7.76. The molecule has 0 fully saturated rings. The van der Waals surface area contributed by atoms with Gasteiger partial charge in [-0.25, -0.2) is 14.3 Å². The molecule has 4 rings (SSSR count). The lowest BCUT2D eigenvalue weighted by Crippen LogP contribution is -2.29. The van der Waals surface area contributed by atoms with Crippen molar-refractivity contribution in [1.29, 1.82) is 0 Å². The van der Waals surface area contributed by atoms with Crippen LogP contribution in [0, 0.1) is 5.92 Å². The van der Waals surface area contributed by atoms with Crippen LogP contribution in [0.5, 0.6) is 5.75 Å². The molecule has 32 heavy (non-hydrogen) atoms. The van der Waals surface area contributed by atoms with Crippen molar-refractivity contribution in [2.75, 3.05) is 11.9 Å². The molecular weight excluding hydrogens is 408 g/mol. The Kier molecular flexibility index (Phi) is 6.25. The molecule has 0 unspecified atom stereocenters. The molecule has 0 aliphatic rings. The van der Waals surface area contributed by atoms with Crippen LogP contribution in [0.1, 0.15) is 24.3 Å². The molecule has 2 heterocycles. The van der Waals surface area contributed by atoms with Gasteiger partial charge in [-0.1, -0.05) is 38.1 Å². The fourth-order valence-electron chi connectivity index (χ4n) is 3.33. The molecule has 0 bridgehead atoms. The van der Waals surface area contributed by atoms with Crippen LogP contribution in [0.4, 0.5) is 5.69 Å². The van der Waals surface area contributed by atoms with Crippen LogP contribution in [0.3, 0.4) is 0 Å². The quantitative estimate of drug-likeness (QED) is 0.459. The number of anilines is 1. The van der Waals surface area contributed by atoms with Crippen molar-refractivity contribution in [2.45, 2.75) is 26.9 Å². The first kappa shape index (κ1) is 21.2. The lowest BCUT2D eigenvalue weighted by molar-refractivity contribution is 0.102. The highest BCUT2D eigenvalue weighted by atomic mass is 16.5. The Morgan fingerprint density at radius 2 is 1.94 bits per heavy atom. The Balaban J connectivity index is 1.55. The minimum atomic E-state index is -0.390. The largest absolute Gasteiger partial charge is 0.492 e. The van der Waals surface area contributed by atoms with Gasteiger partial charge in [0.15, 0.2) is 5.69 Å². The van der Waals surface area contributed by atoms with Crippen LogP contribution >= 0.6 is 0 Å². The average molecular weight is 432 g/mol. The molecule has 0 aliphatic heterocycles. The third-order valence-electron chi connectivity index (χ3n) is 4.77. The van der Waals surface area contributed by atoms with E-state index in [1.54, 1.807) is 53.5 Å². The minimum absolute atomic E-state index is 0.200. The number of hydrogen-bond acceptors (Lipinski definition) is 6. The number of carbonyl (C=O) groups excluding carboxylic acids is 1. The van der Waals surface area contributed by atoms with Gasteiger partial charge in [-0.2, -0.15) is 10.2 Å². The molecule has 1 N–H and O–H groups in total. The second kappa shape index (κ2) is 9.42. The van der Waals surface area contributed by atoms with Crippen LogP contribution in [-0.2, 0) is 13.1 Å². The molecule has 4 aromatic rings. The van der Waals surface area contributed by atoms with Gasteiger partial charge < -0.3 is 10.1 Å². The fourth-order valence-corrected chi connectivity index (χ4v) is 3.33. The second-order valence-electron chi connectivity index (χ2n) is 7.76. The summed E-state index contributed by atoms with van der Waals surface area (Å²) in [4.78, 5) is 29.8. The normalized spacial score (nSPS) is 11.1. The van der Waals surface area contributed by atoms with Crippen LogP contribution in [0.15, 0.2) is 66.0 Å². The first-order valence-electron chi connectivity index (χ1n) is 10.4. The highest BCUT2D eigenvalue weighted by Gasteiger charge is 2.17. The van der Waals surface area contributed by atoms with E-state index in [-0.39, 0.29) is 17.2 Å². The van der Waals surface area contributed by atoms with E-state index in [1.807, 2.05) is 19.9 Å². The first-order valence-corrected chi connectivity index (χ1v) is 10.4. The van der Waals surface area contributed by atoms with Crippen molar-refractivity contribution in [1.82, 2.24) is 24.5 Å². The number of nitrogens with one attached hydrogen (secondary N) is 1. The summed E-state index contributed by atoms with van der Waals surface area (Å²) in [6.45, 7) is 5.39. The third-order valence-corrected chi connectivity index (χ3v) is 4.77. The monoisotopic (exact) mass is 432 g/mol. The highest BCUT2D eigenvalue weighted by molar-refractivity contribution is 6.11. The smallest absolute Gasteiger partial charge is 0.276 e. The summed E-state index contributed by atoms with van der Waals surface area (Å²) < 4.78 is 8.80. The molecule has 9 nitrogen and oxygen atoms in total. The Hall–Kier alpha value is -4.01. The molecule has 0 spiro atoms. The first-order chi connectivity index (χ1) is 15.5. The van der Waals surface area contributed by atoms with E-state index in [4.69, 9.17) is 4.74 Å². The molecule has 0 saturated carbocycles. The Morgan fingerprint density at radius 3 is 2.69 bits per heavy atom. The van der Waals surface area contributed by atoms with Crippen molar-refractivity contribution in [3.8, 4) is 5.75 Å². The summed E-state index contributed by atoms with van der Waals surface area (Å²) in [5, 5.41) is 12.3. The zero-order chi connectivity index (χ0) is 22.5. The molecule has 9 heteroatoms. The SMILES string of the molecule is CC(C)Cn1nc(C(=O)Nc2cccc(OCCn3cncn3)c2)c2ccccc2c1=O. The van der Waals surface area contributed by atoms with E-state index in [9.17, 15) is 9.59 Å². The van der Waals surface area contributed by atoms with Gasteiger partial charge in [0.25, 0.3) is 11.5 Å². The summed E-state index contributed by atoms with van der Waals surface area (Å²) in [6, 6.07) is 14.2. The van der Waals surface area contributed by atoms with Crippen molar-refractivity contribution < 1.29 is 9.53 Å². The number of fused-ring (bicyclic) bond motifs is 1. The van der Waals surface area contributed by atoms with Gasteiger partial charge in [0.05, 0.1) is 11.9 Å². The van der Waals surface area contributed by atoms with E-state index >= 15 is 0 Å². The van der Waals surface area contributed by atoms with Gasteiger partial charge in [0.1, 0.15) is 25.0 Å². The molecule has 2 aromatic heterocycles. The maximum absolute atomic E-state index is 13.1. The Bertz CT molecular complexity index is 1280.